The molecular formula is C18H13F3N2O3. The summed E-state index contributed by atoms with van der Waals surface area (Å²) < 4.78 is 39.1. The van der Waals surface area contributed by atoms with Crippen molar-refractivity contribution in [1.29, 1.82) is 0 Å². The summed E-state index contributed by atoms with van der Waals surface area (Å²) >= 11 is 0. The number of benzene rings is 1. The molecule has 0 saturated heterocycles. The molecule has 8 heteroatoms. The highest BCUT2D eigenvalue weighted by Gasteiger charge is 2.37. The van der Waals surface area contributed by atoms with Crippen molar-refractivity contribution >= 4 is 28.7 Å². The van der Waals surface area contributed by atoms with E-state index in [0.29, 0.717) is 41.1 Å². The Morgan fingerprint density at radius 3 is 2.62 bits per heavy atom. The Morgan fingerprint density at radius 1 is 1.23 bits per heavy atom. The van der Waals surface area contributed by atoms with Crippen molar-refractivity contribution in [2.45, 2.75) is 25.9 Å². The minimum atomic E-state index is -4.52. The molecule has 134 valence electrons. The first kappa shape index (κ1) is 16.4. The summed E-state index contributed by atoms with van der Waals surface area (Å²) in [7, 11) is 0. The average Bonchev–Trinajstić information content (AvgIpc) is 3.15. The number of halogens is 3. The molecule has 1 amide bonds. The molecule has 3 N–H and O–H groups in total. The first-order valence-electron chi connectivity index (χ1n) is 7.89. The standard InChI is InChI=1S/C18H13F3N2O3/c1-7-13(17(25)26)9-3-4-10(15(9)22-7)14-11-6-8(18(19,20)21)2-5-12(11)23-16(14)24/h2,5-6,22H,3-4H2,1H3,(H,23,24)(H,25,26)/b14-10-. The van der Waals surface area contributed by atoms with Crippen molar-refractivity contribution < 1.29 is 27.9 Å². The molecule has 0 fully saturated rings. The molecule has 1 aliphatic heterocycles. The molecule has 0 spiro atoms. The van der Waals surface area contributed by atoms with E-state index in [1.54, 1.807) is 6.92 Å². The number of alkyl halides is 3. The van der Waals surface area contributed by atoms with Crippen LogP contribution in [0.2, 0.25) is 0 Å². The summed E-state index contributed by atoms with van der Waals surface area (Å²) in [6.45, 7) is 1.62. The fourth-order valence-electron chi connectivity index (χ4n) is 3.74. The highest BCUT2D eigenvalue weighted by atomic mass is 19.4. The number of aromatic nitrogens is 1. The van der Waals surface area contributed by atoms with Crippen LogP contribution in [0.25, 0.3) is 11.1 Å². The number of anilines is 1. The Kier molecular flexibility index (Phi) is 3.31. The van der Waals surface area contributed by atoms with Crippen LogP contribution in [0.4, 0.5) is 18.9 Å². The summed E-state index contributed by atoms with van der Waals surface area (Å²) in [5, 5.41) is 11.9. The predicted molar refractivity (Wildman–Crippen MR) is 87.7 cm³/mol. The second kappa shape index (κ2) is 5.23. The van der Waals surface area contributed by atoms with E-state index >= 15 is 0 Å². The van der Waals surface area contributed by atoms with E-state index in [9.17, 15) is 27.9 Å². The van der Waals surface area contributed by atoms with E-state index in [1.807, 2.05) is 0 Å². The van der Waals surface area contributed by atoms with Crippen molar-refractivity contribution in [3.63, 3.8) is 0 Å². The number of hydrogen-bond donors (Lipinski definition) is 3. The number of carbonyl (C=O) groups is 2. The molecule has 4 rings (SSSR count). The number of carboxylic acids is 1. The van der Waals surface area contributed by atoms with Crippen LogP contribution in [0.15, 0.2) is 18.2 Å². The highest BCUT2D eigenvalue weighted by Crippen LogP contribution is 2.45. The molecule has 2 aliphatic rings. The molecule has 1 aliphatic carbocycles. The van der Waals surface area contributed by atoms with Crippen LogP contribution in [0.1, 0.15) is 44.9 Å². The maximum absolute atomic E-state index is 13.0. The number of rotatable bonds is 1. The third-order valence-corrected chi connectivity index (χ3v) is 4.82. The fourth-order valence-corrected chi connectivity index (χ4v) is 3.74. The van der Waals surface area contributed by atoms with Crippen molar-refractivity contribution in [3.8, 4) is 0 Å². The normalized spacial score (nSPS) is 18.7. The molecule has 0 saturated carbocycles. The highest BCUT2D eigenvalue weighted by molar-refractivity contribution is 6.37. The van der Waals surface area contributed by atoms with Crippen molar-refractivity contribution in [2.24, 2.45) is 0 Å². The quantitative estimate of drug-likeness (QED) is 0.674. The number of aromatic carboxylic acids is 1. The minimum Gasteiger partial charge on any atom is -0.478 e. The lowest BCUT2D eigenvalue weighted by molar-refractivity contribution is -0.137. The number of hydrogen-bond acceptors (Lipinski definition) is 2. The van der Waals surface area contributed by atoms with Gasteiger partial charge in [-0.2, -0.15) is 13.2 Å². The van der Waals surface area contributed by atoms with Gasteiger partial charge in [-0.25, -0.2) is 4.79 Å². The summed E-state index contributed by atoms with van der Waals surface area (Å²) in [5.74, 6) is -1.55. The Hall–Kier alpha value is -3.03. The number of carbonyl (C=O) groups excluding carboxylic acids is 1. The number of carboxylic acid groups (broad SMARTS) is 1. The Balaban J connectivity index is 1.93. The van der Waals surface area contributed by atoms with E-state index in [-0.39, 0.29) is 16.7 Å². The molecule has 2 aromatic rings. The molecule has 0 bridgehead atoms. The number of allylic oxidation sites excluding steroid dienone is 1. The van der Waals surface area contributed by atoms with Gasteiger partial charge in [0.15, 0.2) is 0 Å². The summed E-state index contributed by atoms with van der Waals surface area (Å²) in [4.78, 5) is 26.9. The number of fused-ring (bicyclic) bond motifs is 2. The van der Waals surface area contributed by atoms with Gasteiger partial charge in [0.05, 0.1) is 16.7 Å². The maximum Gasteiger partial charge on any atom is 0.416 e. The van der Waals surface area contributed by atoms with E-state index < -0.39 is 23.6 Å². The number of amides is 1. The lowest BCUT2D eigenvalue weighted by Crippen LogP contribution is -2.05. The molecule has 0 unspecified atom stereocenters. The molecule has 1 aromatic carbocycles. The molecule has 26 heavy (non-hydrogen) atoms. The van der Waals surface area contributed by atoms with Crippen molar-refractivity contribution in [2.75, 3.05) is 5.32 Å². The van der Waals surface area contributed by atoms with E-state index in [2.05, 4.69) is 10.3 Å². The molecule has 0 atom stereocenters. The number of aromatic amines is 1. The van der Waals surface area contributed by atoms with Gasteiger partial charge in [0.2, 0.25) is 0 Å². The Morgan fingerprint density at radius 2 is 1.96 bits per heavy atom. The number of H-pyrrole nitrogens is 1. The first-order valence-corrected chi connectivity index (χ1v) is 7.89. The zero-order chi connectivity index (χ0) is 18.8. The monoisotopic (exact) mass is 362 g/mol. The van der Waals surface area contributed by atoms with Gasteiger partial charge in [-0.3, -0.25) is 4.79 Å². The first-order chi connectivity index (χ1) is 12.2. The smallest absolute Gasteiger partial charge is 0.416 e. The summed E-state index contributed by atoms with van der Waals surface area (Å²) in [6.07, 6.45) is -3.71. The third kappa shape index (κ3) is 2.25. The zero-order valence-corrected chi connectivity index (χ0v) is 13.5. The second-order valence-electron chi connectivity index (χ2n) is 6.35. The number of nitrogens with one attached hydrogen (secondary N) is 2. The Labute approximate surface area is 145 Å². The largest absolute Gasteiger partial charge is 0.478 e. The molecule has 2 heterocycles. The van der Waals surface area contributed by atoms with E-state index in [0.717, 1.165) is 12.1 Å². The van der Waals surface area contributed by atoms with Gasteiger partial charge in [0, 0.05) is 22.6 Å². The topological polar surface area (TPSA) is 82.2 Å². The molecule has 0 radical (unpaired) electrons. The van der Waals surface area contributed by atoms with Gasteiger partial charge in [-0.15, -0.1) is 0 Å². The van der Waals surface area contributed by atoms with Crippen molar-refractivity contribution in [3.05, 3.63) is 51.8 Å². The maximum atomic E-state index is 13.0. The van der Waals surface area contributed by atoms with E-state index in [1.165, 1.54) is 6.07 Å². The van der Waals surface area contributed by atoms with Gasteiger partial charge in [0.25, 0.3) is 5.91 Å². The zero-order valence-electron chi connectivity index (χ0n) is 13.5. The van der Waals surface area contributed by atoms with E-state index in [4.69, 9.17) is 0 Å². The molecule has 5 nitrogen and oxygen atoms in total. The lowest BCUT2D eigenvalue weighted by Gasteiger charge is -2.09. The van der Waals surface area contributed by atoms with Crippen LogP contribution < -0.4 is 5.32 Å². The summed E-state index contributed by atoms with van der Waals surface area (Å²) in [6, 6.07) is 3.12. The van der Waals surface area contributed by atoms with Gasteiger partial charge in [0.1, 0.15) is 0 Å². The molecular weight excluding hydrogens is 349 g/mol. The lowest BCUT2D eigenvalue weighted by atomic mass is 9.97. The van der Waals surface area contributed by atoms with Gasteiger partial charge in [-0.1, -0.05) is 0 Å². The predicted octanol–water partition coefficient (Wildman–Crippen LogP) is 3.85. The minimum absolute atomic E-state index is 0.165. The van der Waals surface area contributed by atoms with Crippen LogP contribution in [0.5, 0.6) is 0 Å². The SMILES string of the molecule is Cc1[nH]c2c(c1C(=O)O)CC/C2=C1/C(=O)Nc2ccc(C(F)(F)F)cc21. The van der Waals surface area contributed by atoms with Crippen LogP contribution in [-0.4, -0.2) is 22.0 Å². The van der Waals surface area contributed by atoms with Gasteiger partial charge >= 0.3 is 12.1 Å². The van der Waals surface area contributed by atoms with Gasteiger partial charge < -0.3 is 15.4 Å². The van der Waals surface area contributed by atoms with Crippen LogP contribution >= 0.6 is 0 Å². The van der Waals surface area contributed by atoms with Gasteiger partial charge in [-0.05, 0) is 49.1 Å². The number of aryl methyl sites for hydroxylation is 1. The summed E-state index contributed by atoms with van der Waals surface area (Å²) in [5.41, 5.74) is 2.13. The molecule has 1 aromatic heterocycles. The third-order valence-electron chi connectivity index (χ3n) is 4.82. The second-order valence-corrected chi connectivity index (χ2v) is 6.35. The van der Waals surface area contributed by atoms with Crippen LogP contribution in [-0.2, 0) is 17.4 Å². The fraction of sp³-hybridized carbons (Fsp3) is 0.222. The Bertz CT molecular complexity index is 1020. The van der Waals surface area contributed by atoms with Crippen LogP contribution in [0.3, 0.4) is 0 Å². The van der Waals surface area contributed by atoms with Crippen LogP contribution in [0, 0.1) is 6.92 Å². The van der Waals surface area contributed by atoms with Crippen molar-refractivity contribution in [1.82, 2.24) is 4.98 Å². The average molecular weight is 362 g/mol.